The molecule has 124 valence electrons. The summed E-state index contributed by atoms with van der Waals surface area (Å²) < 4.78 is 16.3. The quantitative estimate of drug-likeness (QED) is 0.419. The van der Waals surface area contributed by atoms with Crippen LogP contribution < -0.4 is 4.74 Å². The van der Waals surface area contributed by atoms with Crippen LogP contribution in [0.2, 0.25) is 0 Å². The molecule has 0 heterocycles. The lowest BCUT2D eigenvalue weighted by Gasteiger charge is -2.36. The topological polar surface area (TPSA) is 44.8 Å². The summed E-state index contributed by atoms with van der Waals surface area (Å²) in [5, 5.41) is 0. The molecule has 0 radical (unpaired) electrons. The maximum atomic E-state index is 11.2. The Kier molecular flexibility index (Phi) is 6.87. The first-order chi connectivity index (χ1) is 10.8. The van der Waals surface area contributed by atoms with Gasteiger partial charge in [0.2, 0.25) is 0 Å². The summed E-state index contributed by atoms with van der Waals surface area (Å²) in [5.41, 5.74) is 0.396. The fourth-order valence-electron chi connectivity index (χ4n) is 2.21. The Morgan fingerprint density at radius 2 is 2.00 bits per heavy atom. The average Bonchev–Trinajstić information content (AvgIpc) is 2.53. The average molecular weight is 316 g/mol. The van der Waals surface area contributed by atoms with E-state index in [9.17, 15) is 4.79 Å². The minimum absolute atomic E-state index is 0.370. The highest BCUT2D eigenvalue weighted by molar-refractivity contribution is 5.66. The Morgan fingerprint density at radius 1 is 1.39 bits per heavy atom. The highest BCUT2D eigenvalue weighted by Gasteiger charge is 2.38. The van der Waals surface area contributed by atoms with Gasteiger partial charge >= 0.3 is 5.97 Å². The van der Waals surface area contributed by atoms with Gasteiger partial charge in [-0.25, -0.2) is 0 Å². The standard InChI is InChI=1S/C19H24O4/c1-7-17(19(4,5)18(8-2)23-14(3)20)22-13-15-9-11-16(21-6)12-10-15/h2,7,9-12,17-18H,1,13H2,3-6H3/t17-,18+/m0/s1. The Morgan fingerprint density at radius 3 is 2.43 bits per heavy atom. The third kappa shape index (κ3) is 5.15. The van der Waals surface area contributed by atoms with Gasteiger partial charge in [0.25, 0.3) is 0 Å². The van der Waals surface area contributed by atoms with Gasteiger partial charge in [-0.05, 0) is 17.7 Å². The highest BCUT2D eigenvalue weighted by atomic mass is 16.5. The molecule has 0 aliphatic carbocycles. The second-order valence-electron chi connectivity index (χ2n) is 5.79. The molecule has 4 nitrogen and oxygen atoms in total. The van der Waals surface area contributed by atoms with Crippen LogP contribution >= 0.6 is 0 Å². The summed E-state index contributed by atoms with van der Waals surface area (Å²) in [6.07, 6.45) is 6.12. The lowest BCUT2D eigenvalue weighted by atomic mass is 9.80. The predicted molar refractivity (Wildman–Crippen MR) is 89.9 cm³/mol. The third-order valence-corrected chi connectivity index (χ3v) is 3.65. The number of hydrogen-bond donors (Lipinski definition) is 0. The molecule has 0 amide bonds. The summed E-state index contributed by atoms with van der Waals surface area (Å²) in [5.74, 6) is 2.89. The molecule has 0 bridgehead atoms. The molecule has 0 N–H and O–H groups in total. The zero-order valence-corrected chi connectivity index (χ0v) is 14.2. The maximum Gasteiger partial charge on any atom is 0.303 e. The molecule has 0 unspecified atom stereocenters. The van der Waals surface area contributed by atoms with Crippen molar-refractivity contribution in [3.05, 3.63) is 42.5 Å². The smallest absolute Gasteiger partial charge is 0.303 e. The minimum atomic E-state index is -0.695. The van der Waals surface area contributed by atoms with Crippen molar-refractivity contribution in [2.45, 2.75) is 39.6 Å². The van der Waals surface area contributed by atoms with Crippen LogP contribution in [-0.2, 0) is 20.9 Å². The second-order valence-corrected chi connectivity index (χ2v) is 5.79. The van der Waals surface area contributed by atoms with E-state index in [1.54, 1.807) is 13.2 Å². The number of rotatable bonds is 8. The Balaban J connectivity index is 2.79. The van der Waals surface area contributed by atoms with Crippen molar-refractivity contribution in [2.24, 2.45) is 5.41 Å². The highest BCUT2D eigenvalue weighted by Crippen LogP contribution is 2.31. The lowest BCUT2D eigenvalue weighted by molar-refractivity contribution is -0.153. The maximum absolute atomic E-state index is 11.2. The van der Waals surface area contributed by atoms with Gasteiger partial charge in [-0.3, -0.25) is 4.79 Å². The molecule has 2 atom stereocenters. The largest absolute Gasteiger partial charge is 0.497 e. The molecule has 0 spiro atoms. The van der Waals surface area contributed by atoms with Crippen LogP contribution in [0, 0.1) is 17.8 Å². The first-order valence-corrected chi connectivity index (χ1v) is 7.35. The van der Waals surface area contributed by atoms with Crippen LogP contribution in [0.3, 0.4) is 0 Å². The molecule has 0 saturated heterocycles. The number of ether oxygens (including phenoxy) is 3. The van der Waals surface area contributed by atoms with Gasteiger partial charge in [-0.2, -0.15) is 0 Å². The normalized spacial score (nSPS) is 13.5. The molecule has 1 rings (SSSR count). The second kappa shape index (κ2) is 8.40. The zero-order valence-electron chi connectivity index (χ0n) is 14.2. The van der Waals surface area contributed by atoms with Gasteiger partial charge in [0, 0.05) is 12.3 Å². The monoisotopic (exact) mass is 316 g/mol. The van der Waals surface area contributed by atoms with Crippen LogP contribution in [0.15, 0.2) is 36.9 Å². The SMILES string of the molecule is C#C[C@@H](OC(C)=O)C(C)(C)[C@H](C=C)OCc1ccc(OC)cc1. The van der Waals surface area contributed by atoms with E-state index in [0.29, 0.717) is 6.61 Å². The van der Waals surface area contributed by atoms with Crippen molar-refractivity contribution >= 4 is 5.97 Å². The van der Waals surface area contributed by atoms with Crippen molar-refractivity contribution in [3.63, 3.8) is 0 Å². The van der Waals surface area contributed by atoms with Gasteiger partial charge in [0.1, 0.15) is 5.75 Å². The van der Waals surface area contributed by atoms with E-state index >= 15 is 0 Å². The van der Waals surface area contributed by atoms with E-state index in [2.05, 4.69) is 12.5 Å². The lowest BCUT2D eigenvalue weighted by Crippen LogP contribution is -2.42. The van der Waals surface area contributed by atoms with Crippen molar-refractivity contribution in [3.8, 4) is 18.1 Å². The predicted octanol–water partition coefficient (Wildman–Crippen LogP) is 3.36. The van der Waals surface area contributed by atoms with Gasteiger partial charge < -0.3 is 14.2 Å². The Bertz CT molecular complexity index is 566. The van der Waals surface area contributed by atoms with Gasteiger partial charge in [0.05, 0.1) is 19.8 Å². The third-order valence-electron chi connectivity index (χ3n) is 3.65. The molecular formula is C19H24O4. The van der Waals surface area contributed by atoms with E-state index in [1.165, 1.54) is 6.92 Å². The van der Waals surface area contributed by atoms with Gasteiger partial charge in [0.15, 0.2) is 6.10 Å². The zero-order chi connectivity index (χ0) is 17.5. The number of methoxy groups -OCH3 is 1. The molecule has 0 aliphatic heterocycles. The van der Waals surface area contributed by atoms with Crippen LogP contribution in [-0.4, -0.2) is 25.3 Å². The van der Waals surface area contributed by atoms with Crippen LogP contribution in [0.1, 0.15) is 26.3 Å². The van der Waals surface area contributed by atoms with Gasteiger partial charge in [-0.1, -0.05) is 38.0 Å². The van der Waals surface area contributed by atoms with Crippen molar-refractivity contribution in [1.82, 2.24) is 0 Å². The fourth-order valence-corrected chi connectivity index (χ4v) is 2.21. The summed E-state index contributed by atoms with van der Waals surface area (Å²) in [4.78, 5) is 11.2. The van der Waals surface area contributed by atoms with Crippen molar-refractivity contribution in [1.29, 1.82) is 0 Å². The van der Waals surface area contributed by atoms with E-state index in [-0.39, 0.29) is 6.10 Å². The summed E-state index contributed by atoms with van der Waals surface area (Å²) in [6.45, 7) is 9.31. The van der Waals surface area contributed by atoms with Crippen LogP contribution in [0.5, 0.6) is 5.75 Å². The van der Waals surface area contributed by atoms with Crippen LogP contribution in [0.25, 0.3) is 0 Å². The number of carbonyl (C=O) groups is 1. The fraction of sp³-hybridized carbons (Fsp3) is 0.421. The van der Waals surface area contributed by atoms with Crippen LogP contribution in [0.4, 0.5) is 0 Å². The number of esters is 1. The molecule has 1 aromatic rings. The molecule has 23 heavy (non-hydrogen) atoms. The van der Waals surface area contributed by atoms with Crippen molar-refractivity contribution < 1.29 is 19.0 Å². The molecule has 0 fully saturated rings. The summed E-state index contributed by atoms with van der Waals surface area (Å²) in [6, 6.07) is 7.60. The van der Waals surface area contributed by atoms with E-state index in [4.69, 9.17) is 20.6 Å². The first-order valence-electron chi connectivity index (χ1n) is 7.35. The molecule has 0 aromatic heterocycles. The van der Waals surface area contributed by atoms with E-state index < -0.39 is 17.5 Å². The Labute approximate surface area is 138 Å². The molecule has 1 aromatic carbocycles. The molecule has 4 heteroatoms. The number of benzene rings is 1. The Hall–Kier alpha value is -2.25. The molecule has 0 aliphatic rings. The van der Waals surface area contributed by atoms with E-state index in [0.717, 1.165) is 11.3 Å². The molecule has 0 saturated carbocycles. The summed E-state index contributed by atoms with van der Waals surface area (Å²) >= 11 is 0. The van der Waals surface area contributed by atoms with Gasteiger partial charge in [-0.15, -0.1) is 13.0 Å². The number of carbonyl (C=O) groups excluding carboxylic acids is 1. The van der Waals surface area contributed by atoms with E-state index in [1.807, 2.05) is 38.1 Å². The number of terminal acetylenes is 1. The number of hydrogen-bond acceptors (Lipinski definition) is 4. The summed E-state index contributed by atoms with van der Waals surface area (Å²) in [7, 11) is 1.62. The molecular weight excluding hydrogens is 292 g/mol. The first kappa shape index (κ1) is 18.8. The van der Waals surface area contributed by atoms with Crippen molar-refractivity contribution in [2.75, 3.05) is 7.11 Å². The minimum Gasteiger partial charge on any atom is -0.497 e.